The largest absolute Gasteiger partial charge is 0.417 e. The first-order valence-electron chi connectivity index (χ1n) is 10.2. The van der Waals surface area contributed by atoms with Gasteiger partial charge in [0.25, 0.3) is 5.56 Å². The molecule has 0 aliphatic carbocycles. The minimum absolute atomic E-state index is 0.0806. The zero-order valence-electron chi connectivity index (χ0n) is 17.5. The van der Waals surface area contributed by atoms with Crippen LogP contribution in [0.15, 0.2) is 64.4 Å². The standard InChI is InChI=1S/C22H20F3N3O6/c23-22(24,25)15-4-2-1-3-14(15)12-5-7-26-13(9-12)10-28-17(30)6-8-27(21(28)33)20-19(32)18(31)16(11-29)34-20/h1-9,16,18-20,29,31-32H,10-11H2/t16-,18?,19?,20?/m1/s1. The third-order valence-corrected chi connectivity index (χ3v) is 5.57. The Morgan fingerprint density at radius 3 is 2.47 bits per heavy atom. The molecule has 3 heterocycles. The average molecular weight is 479 g/mol. The van der Waals surface area contributed by atoms with Gasteiger partial charge in [0.2, 0.25) is 0 Å². The van der Waals surface area contributed by atoms with E-state index in [2.05, 4.69) is 4.98 Å². The van der Waals surface area contributed by atoms with E-state index in [1.165, 1.54) is 36.5 Å². The molecule has 1 saturated heterocycles. The molecule has 34 heavy (non-hydrogen) atoms. The third kappa shape index (κ3) is 4.40. The van der Waals surface area contributed by atoms with Gasteiger partial charge in [0.15, 0.2) is 6.23 Å². The summed E-state index contributed by atoms with van der Waals surface area (Å²) >= 11 is 0. The van der Waals surface area contributed by atoms with E-state index < -0.39 is 54.1 Å². The molecule has 1 aliphatic rings. The molecule has 0 bridgehead atoms. The van der Waals surface area contributed by atoms with E-state index in [4.69, 9.17) is 4.74 Å². The van der Waals surface area contributed by atoms with E-state index in [0.717, 1.165) is 27.5 Å². The van der Waals surface area contributed by atoms with Crippen LogP contribution in [0.25, 0.3) is 11.1 Å². The molecule has 180 valence electrons. The van der Waals surface area contributed by atoms with Crippen molar-refractivity contribution in [3.8, 4) is 11.1 Å². The minimum atomic E-state index is -4.58. The fraction of sp³-hybridized carbons (Fsp3) is 0.318. The summed E-state index contributed by atoms with van der Waals surface area (Å²) in [6.07, 6.45) is -7.69. The van der Waals surface area contributed by atoms with Crippen molar-refractivity contribution in [3.63, 3.8) is 0 Å². The Morgan fingerprint density at radius 1 is 1.06 bits per heavy atom. The Bertz CT molecular complexity index is 1310. The van der Waals surface area contributed by atoms with Gasteiger partial charge in [-0.2, -0.15) is 13.2 Å². The first-order valence-corrected chi connectivity index (χ1v) is 10.2. The molecule has 3 aromatic rings. The second kappa shape index (κ2) is 9.14. The van der Waals surface area contributed by atoms with Crippen molar-refractivity contribution in [2.45, 2.75) is 37.3 Å². The van der Waals surface area contributed by atoms with Crippen molar-refractivity contribution in [2.24, 2.45) is 0 Å². The van der Waals surface area contributed by atoms with Crippen LogP contribution in [0.3, 0.4) is 0 Å². The molecule has 2 aromatic heterocycles. The first kappa shape index (κ1) is 23.8. The summed E-state index contributed by atoms with van der Waals surface area (Å²) < 4.78 is 47.3. The van der Waals surface area contributed by atoms with Crippen LogP contribution in [0, 0.1) is 0 Å². The topological polar surface area (TPSA) is 127 Å². The smallest absolute Gasteiger partial charge is 0.394 e. The second-order valence-corrected chi connectivity index (χ2v) is 7.74. The van der Waals surface area contributed by atoms with Crippen LogP contribution in [0.1, 0.15) is 17.5 Å². The summed E-state index contributed by atoms with van der Waals surface area (Å²) in [6, 6.07) is 8.78. The molecule has 1 fully saturated rings. The van der Waals surface area contributed by atoms with Gasteiger partial charge in [0.05, 0.1) is 24.4 Å². The normalized spacial score (nSPS) is 22.8. The fourth-order valence-corrected chi connectivity index (χ4v) is 3.86. The molecule has 0 saturated carbocycles. The number of halogens is 3. The number of hydrogen-bond donors (Lipinski definition) is 3. The summed E-state index contributed by atoms with van der Waals surface area (Å²) in [6.45, 7) is -0.964. The molecule has 1 aliphatic heterocycles. The maximum absolute atomic E-state index is 13.4. The lowest BCUT2D eigenvalue weighted by atomic mass is 9.99. The predicted octanol–water partition coefficient (Wildman–Crippen LogP) is 0.751. The zero-order valence-corrected chi connectivity index (χ0v) is 17.5. The van der Waals surface area contributed by atoms with Gasteiger partial charge in [0, 0.05) is 18.5 Å². The number of aliphatic hydroxyl groups is 3. The SMILES string of the molecule is O=c1ccn(C2O[C@H](CO)C(O)C2O)c(=O)n1Cc1cc(-c2ccccc2C(F)(F)F)ccn1. The van der Waals surface area contributed by atoms with Crippen molar-refractivity contribution in [2.75, 3.05) is 6.61 Å². The van der Waals surface area contributed by atoms with Gasteiger partial charge in [-0.15, -0.1) is 0 Å². The highest BCUT2D eigenvalue weighted by Gasteiger charge is 2.44. The van der Waals surface area contributed by atoms with Crippen LogP contribution in [-0.2, 0) is 17.5 Å². The highest BCUT2D eigenvalue weighted by Crippen LogP contribution is 2.37. The van der Waals surface area contributed by atoms with Gasteiger partial charge >= 0.3 is 11.9 Å². The number of benzene rings is 1. The van der Waals surface area contributed by atoms with E-state index in [0.29, 0.717) is 0 Å². The van der Waals surface area contributed by atoms with Gasteiger partial charge in [-0.3, -0.25) is 18.9 Å². The third-order valence-electron chi connectivity index (χ3n) is 5.57. The Morgan fingerprint density at radius 2 is 1.79 bits per heavy atom. The summed E-state index contributed by atoms with van der Waals surface area (Å²) in [7, 11) is 0. The van der Waals surface area contributed by atoms with Gasteiger partial charge in [0.1, 0.15) is 18.3 Å². The molecule has 12 heteroatoms. The van der Waals surface area contributed by atoms with E-state index in [9.17, 15) is 38.1 Å². The van der Waals surface area contributed by atoms with Crippen molar-refractivity contribution in [1.29, 1.82) is 0 Å². The van der Waals surface area contributed by atoms with Crippen molar-refractivity contribution >= 4 is 0 Å². The molecule has 4 rings (SSSR count). The lowest BCUT2D eigenvalue weighted by Gasteiger charge is -2.18. The lowest BCUT2D eigenvalue weighted by molar-refractivity contribution is -0.137. The van der Waals surface area contributed by atoms with Gasteiger partial charge in [-0.05, 0) is 29.3 Å². The van der Waals surface area contributed by atoms with Crippen molar-refractivity contribution in [1.82, 2.24) is 14.1 Å². The van der Waals surface area contributed by atoms with Crippen LogP contribution in [0.4, 0.5) is 13.2 Å². The average Bonchev–Trinajstić information content (AvgIpc) is 3.10. The van der Waals surface area contributed by atoms with E-state index in [1.807, 2.05) is 0 Å². The number of ether oxygens (including phenoxy) is 1. The van der Waals surface area contributed by atoms with Crippen LogP contribution in [-0.4, -0.2) is 54.4 Å². The quantitative estimate of drug-likeness (QED) is 0.493. The molecule has 0 spiro atoms. The highest BCUT2D eigenvalue weighted by molar-refractivity contribution is 5.68. The summed E-state index contributed by atoms with van der Waals surface area (Å²) in [5, 5.41) is 29.4. The molecule has 3 unspecified atom stereocenters. The molecule has 0 amide bonds. The molecule has 0 radical (unpaired) electrons. The molecule has 1 aromatic carbocycles. The Hall–Kier alpha value is -3.32. The molecule has 3 N–H and O–H groups in total. The van der Waals surface area contributed by atoms with Gasteiger partial charge in [-0.25, -0.2) is 4.79 Å². The van der Waals surface area contributed by atoms with Crippen LogP contribution in [0.5, 0.6) is 0 Å². The van der Waals surface area contributed by atoms with Crippen LogP contribution in [0.2, 0.25) is 0 Å². The minimum Gasteiger partial charge on any atom is -0.394 e. The number of alkyl halides is 3. The Kier molecular flexibility index (Phi) is 6.41. The van der Waals surface area contributed by atoms with E-state index in [-0.39, 0.29) is 23.4 Å². The van der Waals surface area contributed by atoms with E-state index in [1.54, 1.807) is 0 Å². The fourth-order valence-electron chi connectivity index (χ4n) is 3.86. The van der Waals surface area contributed by atoms with Crippen LogP contribution < -0.4 is 11.2 Å². The van der Waals surface area contributed by atoms with Crippen molar-refractivity contribution in [3.05, 3.63) is 87.0 Å². The van der Waals surface area contributed by atoms with E-state index >= 15 is 0 Å². The number of rotatable bonds is 5. The highest BCUT2D eigenvalue weighted by atomic mass is 19.4. The summed E-state index contributed by atoms with van der Waals surface area (Å²) in [5.41, 5.74) is -2.18. The monoisotopic (exact) mass is 479 g/mol. The molecule has 9 nitrogen and oxygen atoms in total. The number of nitrogens with zero attached hydrogens (tertiary/aromatic N) is 3. The summed E-state index contributed by atoms with van der Waals surface area (Å²) in [5.74, 6) is 0. The predicted molar refractivity (Wildman–Crippen MR) is 112 cm³/mol. The maximum Gasteiger partial charge on any atom is 0.417 e. The number of hydrogen-bond acceptors (Lipinski definition) is 7. The molecular weight excluding hydrogens is 459 g/mol. The Balaban J connectivity index is 1.70. The second-order valence-electron chi connectivity index (χ2n) is 7.74. The summed E-state index contributed by atoms with van der Waals surface area (Å²) in [4.78, 5) is 29.5. The van der Waals surface area contributed by atoms with Crippen molar-refractivity contribution < 1.29 is 33.2 Å². The Labute approximate surface area is 189 Å². The lowest BCUT2D eigenvalue weighted by Crippen LogP contribution is -2.43. The first-order chi connectivity index (χ1) is 16.1. The molecular formula is C22H20F3N3O6. The van der Waals surface area contributed by atoms with Gasteiger partial charge < -0.3 is 20.1 Å². The maximum atomic E-state index is 13.4. The molecule has 4 atom stereocenters. The number of aliphatic hydroxyl groups excluding tert-OH is 3. The van der Waals surface area contributed by atoms with Gasteiger partial charge in [-0.1, -0.05) is 18.2 Å². The number of pyridine rings is 1. The van der Waals surface area contributed by atoms with Crippen LogP contribution >= 0.6 is 0 Å². The number of aromatic nitrogens is 3. The zero-order chi connectivity index (χ0) is 24.6.